The Bertz CT molecular complexity index is 941. The standard InChI is InChI=1S/C23H29NO11S/c1-12(25)31-11-17-19(32-13(2)26)20(33-14(3)27)21(34-15(4)28)23(35-17)36-24-18(22(29)30-5)16-9-7-6-8-10-16/h6-10,17-21,23-24H,11H2,1-5H3/t17-,18?,19-,20+,21-,23+/m1/s1. The van der Waals surface area contributed by atoms with Crippen molar-refractivity contribution >= 4 is 41.8 Å². The minimum atomic E-state index is -1.31. The van der Waals surface area contributed by atoms with Crippen LogP contribution in [0.1, 0.15) is 39.3 Å². The van der Waals surface area contributed by atoms with Crippen molar-refractivity contribution in [1.82, 2.24) is 4.72 Å². The van der Waals surface area contributed by atoms with Gasteiger partial charge in [0, 0.05) is 27.7 Å². The summed E-state index contributed by atoms with van der Waals surface area (Å²) in [7, 11) is 1.24. The van der Waals surface area contributed by atoms with E-state index in [0.29, 0.717) is 5.56 Å². The van der Waals surface area contributed by atoms with Crippen LogP contribution in [0.3, 0.4) is 0 Å². The predicted molar refractivity (Wildman–Crippen MR) is 124 cm³/mol. The molecule has 1 aromatic carbocycles. The molecule has 1 fully saturated rings. The number of benzene rings is 1. The van der Waals surface area contributed by atoms with Crippen molar-refractivity contribution in [2.45, 2.75) is 63.6 Å². The first-order chi connectivity index (χ1) is 17.0. The highest BCUT2D eigenvalue weighted by atomic mass is 32.2. The molecule has 1 aliphatic rings. The molecule has 0 bridgehead atoms. The van der Waals surface area contributed by atoms with Crippen LogP contribution in [0.15, 0.2) is 30.3 Å². The summed E-state index contributed by atoms with van der Waals surface area (Å²) in [6.45, 7) is 4.25. The van der Waals surface area contributed by atoms with Gasteiger partial charge >= 0.3 is 29.8 Å². The maximum atomic E-state index is 12.5. The van der Waals surface area contributed by atoms with E-state index in [1.807, 2.05) is 0 Å². The fourth-order valence-electron chi connectivity index (χ4n) is 3.43. The SMILES string of the molecule is COC(=O)C(NS[C@@H]1O[C@H](COC(C)=O)[C@@H](OC(C)=O)[C@H](OC(C)=O)[C@H]1OC(C)=O)c1ccccc1. The summed E-state index contributed by atoms with van der Waals surface area (Å²) in [5.74, 6) is -3.41. The van der Waals surface area contributed by atoms with E-state index in [-0.39, 0.29) is 6.61 Å². The molecule has 198 valence electrons. The first kappa shape index (κ1) is 29.1. The topological polar surface area (TPSA) is 153 Å². The zero-order valence-electron chi connectivity index (χ0n) is 20.5. The fraction of sp³-hybridized carbons (Fsp3) is 0.522. The first-order valence-corrected chi connectivity index (χ1v) is 11.8. The third kappa shape index (κ3) is 8.50. The highest BCUT2D eigenvalue weighted by molar-refractivity contribution is 7.97. The lowest BCUT2D eigenvalue weighted by Crippen LogP contribution is -2.62. The molecule has 0 amide bonds. The fourth-order valence-corrected chi connectivity index (χ4v) is 4.48. The number of carbonyl (C=O) groups is 5. The summed E-state index contributed by atoms with van der Waals surface area (Å²) in [6, 6.07) is 7.75. The zero-order valence-corrected chi connectivity index (χ0v) is 21.3. The Balaban J connectivity index is 2.41. The molecule has 1 heterocycles. The lowest BCUT2D eigenvalue weighted by Gasteiger charge is -2.44. The highest BCUT2D eigenvalue weighted by Gasteiger charge is 2.52. The second-order valence-corrected chi connectivity index (χ2v) is 8.61. The highest BCUT2D eigenvalue weighted by Crippen LogP contribution is 2.34. The second-order valence-electron chi connectivity index (χ2n) is 7.67. The molecular weight excluding hydrogens is 498 g/mol. The molecule has 1 aromatic rings. The zero-order chi connectivity index (χ0) is 26.8. The molecule has 1 unspecified atom stereocenters. The molecule has 0 aromatic heterocycles. The van der Waals surface area contributed by atoms with E-state index in [4.69, 9.17) is 28.4 Å². The molecule has 0 spiro atoms. The van der Waals surface area contributed by atoms with Gasteiger partial charge in [0.25, 0.3) is 0 Å². The van der Waals surface area contributed by atoms with Crippen LogP contribution in [-0.2, 0) is 52.4 Å². The molecule has 1 saturated heterocycles. The van der Waals surface area contributed by atoms with E-state index in [9.17, 15) is 24.0 Å². The molecular formula is C23H29NO11S. The van der Waals surface area contributed by atoms with Gasteiger partial charge in [0.05, 0.1) is 7.11 Å². The smallest absolute Gasteiger partial charge is 0.328 e. The van der Waals surface area contributed by atoms with Gasteiger partial charge in [0.2, 0.25) is 0 Å². The number of methoxy groups -OCH3 is 1. The quantitative estimate of drug-likeness (QED) is 0.264. The van der Waals surface area contributed by atoms with Crippen molar-refractivity contribution in [2.24, 2.45) is 0 Å². The molecule has 6 atom stereocenters. The molecule has 1 aliphatic heterocycles. The van der Waals surface area contributed by atoms with Crippen LogP contribution in [0.5, 0.6) is 0 Å². The van der Waals surface area contributed by atoms with E-state index in [1.54, 1.807) is 30.3 Å². The van der Waals surface area contributed by atoms with Crippen molar-refractivity contribution < 1.29 is 52.4 Å². The Labute approximate surface area is 212 Å². The second kappa shape index (κ2) is 13.8. The Morgan fingerprint density at radius 1 is 0.861 bits per heavy atom. The number of rotatable bonds is 10. The monoisotopic (exact) mass is 527 g/mol. The summed E-state index contributed by atoms with van der Waals surface area (Å²) < 4.78 is 35.0. The van der Waals surface area contributed by atoms with E-state index in [1.165, 1.54) is 14.0 Å². The third-order valence-corrected chi connectivity index (χ3v) is 5.80. The van der Waals surface area contributed by atoms with Crippen LogP contribution in [0.2, 0.25) is 0 Å². The number of hydrogen-bond donors (Lipinski definition) is 1. The van der Waals surface area contributed by atoms with Crippen LogP contribution in [0.25, 0.3) is 0 Å². The van der Waals surface area contributed by atoms with Crippen LogP contribution in [0, 0.1) is 0 Å². The third-order valence-electron chi connectivity index (χ3n) is 4.82. The molecule has 0 radical (unpaired) electrons. The first-order valence-electron chi connectivity index (χ1n) is 10.9. The summed E-state index contributed by atoms with van der Waals surface area (Å²) >= 11 is 0.861. The van der Waals surface area contributed by atoms with Crippen LogP contribution >= 0.6 is 11.9 Å². The molecule has 1 N–H and O–H groups in total. The van der Waals surface area contributed by atoms with Gasteiger partial charge in [-0.3, -0.25) is 19.2 Å². The maximum Gasteiger partial charge on any atom is 0.328 e. The van der Waals surface area contributed by atoms with Crippen molar-refractivity contribution in [2.75, 3.05) is 13.7 Å². The average molecular weight is 528 g/mol. The summed E-state index contributed by atoms with van der Waals surface area (Å²) in [5.41, 5.74) is -0.510. The summed E-state index contributed by atoms with van der Waals surface area (Å²) in [6.07, 6.45) is -4.94. The van der Waals surface area contributed by atoms with Crippen molar-refractivity contribution in [3.8, 4) is 0 Å². The minimum Gasteiger partial charge on any atom is -0.468 e. The average Bonchev–Trinajstić information content (AvgIpc) is 2.81. The molecule has 2 rings (SSSR count). The van der Waals surface area contributed by atoms with Crippen LogP contribution < -0.4 is 4.72 Å². The van der Waals surface area contributed by atoms with Gasteiger partial charge in [0.15, 0.2) is 23.7 Å². The number of ether oxygens (including phenoxy) is 6. The van der Waals surface area contributed by atoms with Gasteiger partial charge in [-0.25, -0.2) is 9.52 Å². The lowest BCUT2D eigenvalue weighted by atomic mass is 9.99. The molecule has 0 aliphatic carbocycles. The number of nitrogens with one attached hydrogen (secondary N) is 1. The Kier molecular flexibility index (Phi) is 11.1. The Morgan fingerprint density at radius 3 is 1.94 bits per heavy atom. The van der Waals surface area contributed by atoms with Gasteiger partial charge in [0.1, 0.15) is 18.8 Å². The predicted octanol–water partition coefficient (Wildman–Crippen LogP) is 1.22. The van der Waals surface area contributed by atoms with E-state index >= 15 is 0 Å². The van der Waals surface area contributed by atoms with Crippen molar-refractivity contribution in [3.05, 3.63) is 35.9 Å². The Morgan fingerprint density at radius 2 is 1.42 bits per heavy atom. The summed E-state index contributed by atoms with van der Waals surface area (Å²) in [4.78, 5) is 59.6. The summed E-state index contributed by atoms with van der Waals surface area (Å²) in [5, 5.41) is 0. The normalized spacial score (nSPS) is 24.1. The maximum absolute atomic E-state index is 12.5. The van der Waals surface area contributed by atoms with Crippen molar-refractivity contribution in [3.63, 3.8) is 0 Å². The number of hydrogen-bond acceptors (Lipinski definition) is 13. The largest absolute Gasteiger partial charge is 0.468 e. The molecule has 0 saturated carbocycles. The van der Waals surface area contributed by atoms with Gasteiger partial charge in [-0.05, 0) is 17.5 Å². The van der Waals surface area contributed by atoms with Crippen LogP contribution in [-0.4, -0.2) is 73.4 Å². The van der Waals surface area contributed by atoms with E-state index in [0.717, 1.165) is 32.7 Å². The van der Waals surface area contributed by atoms with Gasteiger partial charge in [-0.1, -0.05) is 30.3 Å². The lowest BCUT2D eigenvalue weighted by molar-refractivity contribution is -0.237. The van der Waals surface area contributed by atoms with E-state index in [2.05, 4.69) is 4.72 Å². The van der Waals surface area contributed by atoms with Crippen molar-refractivity contribution in [1.29, 1.82) is 0 Å². The van der Waals surface area contributed by atoms with Gasteiger partial charge < -0.3 is 28.4 Å². The minimum absolute atomic E-state index is 0.353. The van der Waals surface area contributed by atoms with E-state index < -0.39 is 65.7 Å². The van der Waals surface area contributed by atoms with Gasteiger partial charge in [-0.15, -0.1) is 0 Å². The molecule has 36 heavy (non-hydrogen) atoms. The Hall–Kier alpha value is -3.16. The molecule has 12 nitrogen and oxygen atoms in total. The number of esters is 5. The number of carbonyl (C=O) groups excluding carboxylic acids is 5. The molecule has 13 heteroatoms. The van der Waals surface area contributed by atoms with Gasteiger partial charge in [-0.2, -0.15) is 0 Å². The van der Waals surface area contributed by atoms with Crippen LogP contribution in [0.4, 0.5) is 0 Å².